The van der Waals surface area contributed by atoms with Crippen molar-refractivity contribution in [2.24, 2.45) is 0 Å². The van der Waals surface area contributed by atoms with E-state index in [2.05, 4.69) is 254 Å². The van der Waals surface area contributed by atoms with Gasteiger partial charge < -0.3 is 4.90 Å². The Morgan fingerprint density at radius 2 is 0.698 bits per heavy atom. The van der Waals surface area contributed by atoms with Gasteiger partial charge in [-0.15, -0.1) is 11.3 Å². The minimum atomic E-state index is -0.423. The number of anilines is 3. The molecule has 11 aromatic rings. The van der Waals surface area contributed by atoms with Crippen molar-refractivity contribution in [3.63, 3.8) is 0 Å². The van der Waals surface area contributed by atoms with Crippen LogP contribution in [0.25, 0.3) is 64.7 Å². The molecule has 0 N–H and O–H groups in total. The van der Waals surface area contributed by atoms with Gasteiger partial charge in [-0.1, -0.05) is 218 Å². The van der Waals surface area contributed by atoms with E-state index in [0.717, 1.165) is 11.4 Å². The van der Waals surface area contributed by atoms with E-state index in [4.69, 9.17) is 0 Å². The van der Waals surface area contributed by atoms with Crippen LogP contribution in [0.5, 0.6) is 0 Å². The Kier molecular flexibility index (Phi) is 8.98. The quantitative estimate of drug-likeness (QED) is 0.148. The lowest BCUT2D eigenvalue weighted by Crippen LogP contribution is -2.28. The van der Waals surface area contributed by atoms with E-state index >= 15 is 0 Å². The normalized spacial score (nSPS) is 12.6. The lowest BCUT2D eigenvalue weighted by molar-refractivity contribution is 0.768. The summed E-state index contributed by atoms with van der Waals surface area (Å²) in [6.07, 6.45) is 0. The van der Waals surface area contributed by atoms with Gasteiger partial charge in [0.25, 0.3) is 0 Å². The first-order valence-corrected chi connectivity index (χ1v) is 22.5. The summed E-state index contributed by atoms with van der Waals surface area (Å²) in [6.45, 7) is 0. The molecule has 1 aromatic heterocycles. The number of fused-ring (bicyclic) bond motifs is 6. The van der Waals surface area contributed by atoms with Gasteiger partial charge in [0, 0.05) is 26.8 Å². The average molecular weight is 820 g/mol. The van der Waals surface area contributed by atoms with Crippen LogP contribution in [0.4, 0.5) is 17.1 Å². The third-order valence-electron chi connectivity index (χ3n) is 13.0. The molecule has 1 aliphatic carbocycles. The van der Waals surface area contributed by atoms with Gasteiger partial charge in [0.05, 0.1) is 15.8 Å². The van der Waals surface area contributed by atoms with Crippen molar-refractivity contribution >= 4 is 48.6 Å². The highest BCUT2D eigenvalue weighted by Gasteiger charge is 2.45. The summed E-state index contributed by atoms with van der Waals surface area (Å²) in [6, 6.07) is 91.3. The fourth-order valence-electron chi connectivity index (χ4n) is 10.1. The summed E-state index contributed by atoms with van der Waals surface area (Å²) in [7, 11) is 0. The number of hydrogen-bond acceptors (Lipinski definition) is 2. The van der Waals surface area contributed by atoms with Crippen LogP contribution < -0.4 is 4.90 Å². The van der Waals surface area contributed by atoms with Crippen LogP contribution in [0.15, 0.2) is 249 Å². The molecule has 0 fully saturated rings. The highest BCUT2D eigenvalue weighted by Crippen LogP contribution is 2.56. The van der Waals surface area contributed by atoms with Crippen LogP contribution in [0, 0.1) is 0 Å². The molecule has 1 nitrogen and oxygen atoms in total. The van der Waals surface area contributed by atoms with Crippen LogP contribution in [0.3, 0.4) is 0 Å². The molecule has 0 bridgehead atoms. The van der Waals surface area contributed by atoms with Gasteiger partial charge in [-0.05, 0) is 97.1 Å². The van der Waals surface area contributed by atoms with Gasteiger partial charge in [0.15, 0.2) is 0 Å². The van der Waals surface area contributed by atoms with Crippen molar-refractivity contribution in [1.82, 2.24) is 0 Å². The second kappa shape index (κ2) is 15.3. The zero-order valence-electron chi connectivity index (χ0n) is 34.5. The first kappa shape index (κ1) is 37.0. The molecule has 0 amide bonds. The van der Waals surface area contributed by atoms with Gasteiger partial charge in [0.2, 0.25) is 0 Å². The van der Waals surface area contributed by atoms with Crippen molar-refractivity contribution in [2.45, 2.75) is 5.41 Å². The lowest BCUT2D eigenvalue weighted by Gasteiger charge is -2.34. The number of benzene rings is 10. The number of thiophene rings is 1. The van der Waals surface area contributed by atoms with E-state index in [1.807, 2.05) is 11.3 Å². The van der Waals surface area contributed by atoms with Crippen molar-refractivity contribution in [3.05, 3.63) is 271 Å². The maximum absolute atomic E-state index is 2.43. The highest BCUT2D eigenvalue weighted by atomic mass is 32.1. The molecular weight excluding hydrogens is 779 g/mol. The minimum Gasteiger partial charge on any atom is -0.309 e. The van der Waals surface area contributed by atoms with E-state index < -0.39 is 5.41 Å². The summed E-state index contributed by atoms with van der Waals surface area (Å²) >= 11 is 1.89. The molecule has 10 aromatic carbocycles. The molecule has 1 heterocycles. The van der Waals surface area contributed by atoms with E-state index in [0.29, 0.717) is 0 Å². The third-order valence-corrected chi connectivity index (χ3v) is 14.3. The number of nitrogens with zero attached hydrogens (tertiary/aromatic N) is 1. The SMILES string of the molecule is c1ccc(-c2ccc(N(c3ccc(-c4ccccc4)cc3)c3cccc4c3sc3c(-c5ccc(C6(c7ccccc7)c7ccccc7-c7ccccc76)cc5)cccc34)cc2)cc1. The first-order valence-electron chi connectivity index (χ1n) is 21.7. The van der Waals surface area contributed by atoms with Gasteiger partial charge in [-0.3, -0.25) is 0 Å². The molecule has 0 saturated carbocycles. The van der Waals surface area contributed by atoms with E-state index in [1.165, 1.54) is 92.6 Å². The molecule has 0 saturated heterocycles. The standard InChI is InChI=1S/C61H41NS/c1-4-16-42(17-5-1)44-32-38-49(39-33-44)62(50-40-34-45(35-41-50)43-18-6-2-7-19-43)58-29-15-26-55-54-25-14-24-51(59(54)63-60(55)58)46-30-36-48(37-31-46)61(47-20-8-3-9-21-47)56-27-12-10-22-52(56)53-23-11-13-28-57(53)61/h1-41H. The molecule has 12 rings (SSSR count). The Bertz CT molecular complexity index is 3280. The molecule has 0 spiro atoms. The largest absolute Gasteiger partial charge is 0.309 e. The number of rotatable bonds is 8. The Morgan fingerprint density at radius 1 is 0.286 bits per heavy atom. The molecule has 0 aliphatic heterocycles. The van der Waals surface area contributed by atoms with E-state index in [9.17, 15) is 0 Å². The second-order valence-electron chi connectivity index (χ2n) is 16.4. The summed E-state index contributed by atoms with van der Waals surface area (Å²) in [4.78, 5) is 2.43. The van der Waals surface area contributed by atoms with Gasteiger partial charge >= 0.3 is 0 Å². The Morgan fingerprint density at radius 3 is 1.25 bits per heavy atom. The summed E-state index contributed by atoms with van der Waals surface area (Å²) < 4.78 is 2.55. The van der Waals surface area contributed by atoms with E-state index in [-0.39, 0.29) is 0 Å². The van der Waals surface area contributed by atoms with Crippen LogP contribution in [-0.4, -0.2) is 0 Å². The van der Waals surface area contributed by atoms with Crippen molar-refractivity contribution in [3.8, 4) is 44.5 Å². The van der Waals surface area contributed by atoms with Crippen LogP contribution >= 0.6 is 11.3 Å². The van der Waals surface area contributed by atoms with Gasteiger partial charge in [-0.2, -0.15) is 0 Å². The molecule has 296 valence electrons. The average Bonchev–Trinajstić information content (AvgIpc) is 3.90. The predicted molar refractivity (Wildman–Crippen MR) is 268 cm³/mol. The fourth-order valence-corrected chi connectivity index (χ4v) is 11.5. The molecule has 0 unspecified atom stereocenters. The fraction of sp³-hybridized carbons (Fsp3) is 0.0164. The molecule has 1 aliphatic rings. The van der Waals surface area contributed by atoms with Gasteiger partial charge in [0.1, 0.15) is 0 Å². The Labute approximate surface area is 372 Å². The number of hydrogen-bond donors (Lipinski definition) is 0. The zero-order valence-corrected chi connectivity index (χ0v) is 35.3. The maximum atomic E-state index is 2.43. The van der Waals surface area contributed by atoms with Crippen molar-refractivity contribution < 1.29 is 0 Å². The minimum absolute atomic E-state index is 0.423. The van der Waals surface area contributed by atoms with Crippen molar-refractivity contribution in [2.75, 3.05) is 4.90 Å². The summed E-state index contributed by atoms with van der Waals surface area (Å²) in [5, 5.41) is 2.54. The van der Waals surface area contributed by atoms with Crippen LogP contribution in [0.2, 0.25) is 0 Å². The Balaban J connectivity index is 0.991. The monoisotopic (exact) mass is 819 g/mol. The lowest BCUT2D eigenvalue weighted by atomic mass is 9.67. The van der Waals surface area contributed by atoms with E-state index in [1.54, 1.807) is 0 Å². The molecule has 0 radical (unpaired) electrons. The topological polar surface area (TPSA) is 3.24 Å². The summed E-state index contributed by atoms with van der Waals surface area (Å²) in [5.74, 6) is 0. The smallest absolute Gasteiger partial charge is 0.0713 e. The predicted octanol–water partition coefficient (Wildman–Crippen LogP) is 16.9. The third kappa shape index (κ3) is 6.06. The Hall–Kier alpha value is -7.78. The maximum Gasteiger partial charge on any atom is 0.0713 e. The molecule has 2 heteroatoms. The second-order valence-corrected chi connectivity index (χ2v) is 17.4. The highest BCUT2D eigenvalue weighted by molar-refractivity contribution is 7.27. The molecular formula is C61H41NS. The van der Waals surface area contributed by atoms with Gasteiger partial charge in [-0.25, -0.2) is 0 Å². The zero-order chi connectivity index (χ0) is 41.7. The molecule has 63 heavy (non-hydrogen) atoms. The van der Waals surface area contributed by atoms with Crippen molar-refractivity contribution in [1.29, 1.82) is 0 Å². The summed E-state index contributed by atoms with van der Waals surface area (Å²) in [5.41, 5.74) is 18.1. The first-order chi connectivity index (χ1) is 31.3. The molecule has 0 atom stereocenters. The van der Waals surface area contributed by atoms with Crippen LogP contribution in [0.1, 0.15) is 22.3 Å². The van der Waals surface area contributed by atoms with Crippen LogP contribution in [-0.2, 0) is 5.41 Å².